The van der Waals surface area contributed by atoms with E-state index < -0.39 is 10.2 Å². The van der Waals surface area contributed by atoms with Gasteiger partial charge >= 0.3 is 0 Å². The summed E-state index contributed by atoms with van der Waals surface area (Å²) >= 11 is 0. The number of rotatable bonds is 4. The highest BCUT2D eigenvalue weighted by atomic mass is 32.3. The molecule has 0 unspecified atom stereocenters. The van der Waals surface area contributed by atoms with E-state index in [0.717, 1.165) is 0 Å². The largest absolute Gasteiger partial charge is 0.307 e. The molecule has 0 radical (unpaired) electrons. The molecule has 0 bridgehead atoms. The summed E-state index contributed by atoms with van der Waals surface area (Å²) in [6.45, 7) is 11.4. The summed E-state index contributed by atoms with van der Waals surface area (Å²) in [5.41, 5.74) is 0. The van der Waals surface area contributed by atoms with Crippen LogP contribution in [-0.4, -0.2) is 3.97 Å². The van der Waals surface area contributed by atoms with Gasteiger partial charge in [0, 0.05) is 12.4 Å². The van der Waals surface area contributed by atoms with Gasteiger partial charge in [0.25, 0.3) is 0 Å². The molecule has 1 rings (SSSR count). The summed E-state index contributed by atoms with van der Waals surface area (Å²) < 4.78 is 2.08. The van der Waals surface area contributed by atoms with E-state index in [1.54, 1.807) is 0 Å². The monoisotopic (exact) mass is 179 g/mol. The van der Waals surface area contributed by atoms with E-state index in [-0.39, 0.29) is 0 Å². The topological polar surface area (TPSA) is 4.93 Å². The fourth-order valence-electron chi connectivity index (χ4n) is 0.992. The molecular weight excluding hydrogens is 166 g/mol. The Morgan fingerprint density at radius 1 is 0.917 bits per heavy atom. The number of hydrogen-bond donors (Lipinski definition) is 0. The van der Waals surface area contributed by atoms with Crippen molar-refractivity contribution in [3.63, 3.8) is 0 Å². The molecule has 0 saturated heterocycles. The Morgan fingerprint density at radius 3 is 1.67 bits per heavy atom. The smallest absolute Gasteiger partial charge is 0.0149 e. The van der Waals surface area contributed by atoms with Gasteiger partial charge < -0.3 is 3.97 Å². The van der Waals surface area contributed by atoms with Gasteiger partial charge in [-0.2, -0.15) is 0 Å². The van der Waals surface area contributed by atoms with Crippen molar-refractivity contribution in [1.29, 1.82) is 0 Å². The second-order valence-electron chi connectivity index (χ2n) is 2.27. The first-order valence-corrected chi connectivity index (χ1v) is 5.41. The van der Waals surface area contributed by atoms with Crippen LogP contribution in [0, 0.1) is 0 Å². The van der Waals surface area contributed by atoms with Crippen molar-refractivity contribution in [3.8, 4) is 0 Å². The molecule has 1 heterocycles. The number of nitrogens with zero attached hydrogens (tertiary/aromatic N) is 1. The highest BCUT2D eigenvalue weighted by Gasteiger charge is 2.11. The van der Waals surface area contributed by atoms with Gasteiger partial charge in [0.1, 0.15) is 0 Å². The second-order valence-corrected chi connectivity index (χ2v) is 5.14. The zero-order chi connectivity index (χ0) is 9.03. The standard InChI is InChI=1S/C10H13NS/c1-4-12(5-2,6-3)11-9-7-8-10-11/h4-10H,1-3H2. The predicted octanol–water partition coefficient (Wildman–Crippen LogP) is 3.49. The average molecular weight is 179 g/mol. The normalized spacial score (nSPS) is 12.0. The summed E-state index contributed by atoms with van der Waals surface area (Å²) in [6, 6.07) is 3.97. The van der Waals surface area contributed by atoms with Crippen molar-refractivity contribution >= 4 is 10.2 Å². The van der Waals surface area contributed by atoms with Crippen LogP contribution in [0.1, 0.15) is 0 Å². The zero-order valence-electron chi connectivity index (χ0n) is 7.02. The first kappa shape index (κ1) is 8.94. The quantitative estimate of drug-likeness (QED) is 0.666. The van der Waals surface area contributed by atoms with Crippen molar-refractivity contribution in [2.45, 2.75) is 0 Å². The molecule has 0 aliphatic rings. The Labute approximate surface area is 75.2 Å². The van der Waals surface area contributed by atoms with Crippen molar-refractivity contribution < 1.29 is 0 Å². The van der Waals surface area contributed by atoms with E-state index in [1.807, 2.05) is 40.8 Å². The summed E-state index contributed by atoms with van der Waals surface area (Å²) in [6.07, 6.45) is 4.00. The third-order valence-corrected chi connectivity index (χ3v) is 4.32. The number of aromatic nitrogens is 1. The van der Waals surface area contributed by atoms with Gasteiger partial charge in [-0.05, 0) is 28.4 Å². The van der Waals surface area contributed by atoms with Gasteiger partial charge in [0.15, 0.2) is 0 Å². The van der Waals surface area contributed by atoms with E-state index in [2.05, 4.69) is 23.7 Å². The molecule has 0 spiro atoms. The van der Waals surface area contributed by atoms with E-state index >= 15 is 0 Å². The molecule has 1 aromatic rings. The van der Waals surface area contributed by atoms with Crippen LogP contribution in [0.15, 0.2) is 60.5 Å². The minimum atomic E-state index is -1.24. The van der Waals surface area contributed by atoms with Gasteiger partial charge in [-0.25, -0.2) is 0 Å². The molecule has 0 aromatic carbocycles. The molecule has 0 N–H and O–H groups in total. The summed E-state index contributed by atoms with van der Waals surface area (Å²) in [5, 5.41) is 5.69. The highest BCUT2D eigenvalue weighted by molar-refractivity contribution is 8.39. The van der Waals surface area contributed by atoms with E-state index in [1.165, 1.54) is 0 Å². The fourth-order valence-corrected chi connectivity index (χ4v) is 2.48. The van der Waals surface area contributed by atoms with Crippen LogP contribution >= 0.6 is 10.2 Å². The fraction of sp³-hybridized carbons (Fsp3) is 0. The lowest BCUT2D eigenvalue weighted by Crippen LogP contribution is -1.98. The average Bonchev–Trinajstić information content (AvgIpc) is 2.62. The van der Waals surface area contributed by atoms with Crippen LogP contribution in [0.5, 0.6) is 0 Å². The lowest BCUT2D eigenvalue weighted by molar-refractivity contribution is 1.27. The molecule has 0 saturated carbocycles. The van der Waals surface area contributed by atoms with Gasteiger partial charge in [0.05, 0.1) is 0 Å². The van der Waals surface area contributed by atoms with Crippen LogP contribution in [0.3, 0.4) is 0 Å². The van der Waals surface area contributed by atoms with E-state index in [9.17, 15) is 0 Å². The van der Waals surface area contributed by atoms with Crippen molar-refractivity contribution in [2.24, 2.45) is 0 Å². The van der Waals surface area contributed by atoms with Gasteiger partial charge in [-0.1, -0.05) is 19.7 Å². The summed E-state index contributed by atoms with van der Waals surface area (Å²) in [7, 11) is -1.24. The Kier molecular flexibility index (Phi) is 2.61. The van der Waals surface area contributed by atoms with Crippen LogP contribution in [0.25, 0.3) is 0 Å². The summed E-state index contributed by atoms with van der Waals surface area (Å²) in [4.78, 5) is 0. The third-order valence-electron chi connectivity index (χ3n) is 1.74. The van der Waals surface area contributed by atoms with Gasteiger partial charge in [-0.3, -0.25) is 0 Å². The minimum absolute atomic E-state index is 1.24. The van der Waals surface area contributed by atoms with Crippen LogP contribution in [-0.2, 0) is 0 Å². The van der Waals surface area contributed by atoms with Crippen LogP contribution in [0.4, 0.5) is 0 Å². The Bertz CT molecular complexity index is 263. The molecule has 0 amide bonds. The first-order valence-electron chi connectivity index (χ1n) is 3.63. The minimum Gasteiger partial charge on any atom is -0.307 e. The molecule has 0 aliphatic heterocycles. The highest BCUT2D eigenvalue weighted by Crippen LogP contribution is 2.52. The maximum Gasteiger partial charge on any atom is 0.0149 e. The SMILES string of the molecule is C=CS(C=C)(C=C)n1cccc1. The molecular formula is C10H13NS. The maximum atomic E-state index is 3.80. The van der Waals surface area contributed by atoms with Gasteiger partial charge in [-0.15, -0.1) is 10.2 Å². The zero-order valence-corrected chi connectivity index (χ0v) is 7.83. The van der Waals surface area contributed by atoms with E-state index in [0.29, 0.717) is 0 Å². The van der Waals surface area contributed by atoms with Crippen LogP contribution < -0.4 is 0 Å². The first-order chi connectivity index (χ1) is 5.79. The lowest BCUT2D eigenvalue weighted by atomic mass is 10.7. The van der Waals surface area contributed by atoms with Gasteiger partial charge in [0.2, 0.25) is 0 Å². The molecule has 64 valence electrons. The second kappa shape index (κ2) is 3.50. The van der Waals surface area contributed by atoms with E-state index in [4.69, 9.17) is 0 Å². The number of hydrogen-bond acceptors (Lipinski definition) is 0. The predicted molar refractivity (Wildman–Crippen MR) is 58.0 cm³/mol. The lowest BCUT2D eigenvalue weighted by Gasteiger charge is -2.30. The molecule has 1 aromatic heterocycles. The Morgan fingerprint density at radius 2 is 1.33 bits per heavy atom. The molecule has 2 heteroatoms. The van der Waals surface area contributed by atoms with Crippen molar-refractivity contribution in [3.05, 3.63) is 60.5 Å². The Hall–Kier alpha value is -1.15. The molecule has 0 aliphatic carbocycles. The van der Waals surface area contributed by atoms with Crippen molar-refractivity contribution in [1.82, 2.24) is 3.97 Å². The van der Waals surface area contributed by atoms with Crippen LogP contribution in [0.2, 0.25) is 0 Å². The molecule has 12 heavy (non-hydrogen) atoms. The molecule has 0 fully saturated rings. The molecule has 0 atom stereocenters. The van der Waals surface area contributed by atoms with Crippen molar-refractivity contribution in [2.75, 3.05) is 0 Å². The third kappa shape index (κ3) is 1.25. The summed E-state index contributed by atoms with van der Waals surface area (Å²) in [5.74, 6) is 0. The molecule has 1 nitrogen and oxygen atoms in total. The maximum absolute atomic E-state index is 3.80. The Balaban J connectivity index is 3.18.